The summed E-state index contributed by atoms with van der Waals surface area (Å²) < 4.78 is 27.1. The molecule has 0 radical (unpaired) electrons. The molecular weight excluding hydrogens is 246 g/mol. The first kappa shape index (κ1) is 12.9. The highest BCUT2D eigenvalue weighted by Crippen LogP contribution is 2.38. The minimum atomic E-state index is -0.394. The van der Waals surface area contributed by atoms with Gasteiger partial charge in [-0.15, -0.1) is 0 Å². The Morgan fingerprint density at radius 1 is 1.16 bits per heavy atom. The van der Waals surface area contributed by atoms with Crippen LogP contribution in [0.3, 0.4) is 0 Å². The van der Waals surface area contributed by atoms with Crippen LogP contribution in [0.5, 0.6) is 0 Å². The maximum absolute atomic E-state index is 13.8. The Labute approximate surface area is 112 Å². The number of benzene rings is 1. The summed E-state index contributed by atoms with van der Waals surface area (Å²) in [6.07, 6.45) is 4.82. The summed E-state index contributed by atoms with van der Waals surface area (Å²) in [4.78, 5) is 1.92. The van der Waals surface area contributed by atoms with Gasteiger partial charge in [0, 0.05) is 25.2 Å². The van der Waals surface area contributed by atoms with E-state index in [4.69, 9.17) is 5.73 Å². The molecule has 1 aromatic carbocycles. The molecule has 1 aromatic rings. The van der Waals surface area contributed by atoms with Gasteiger partial charge in [0.2, 0.25) is 0 Å². The molecule has 0 aromatic heterocycles. The van der Waals surface area contributed by atoms with Crippen molar-refractivity contribution in [3.8, 4) is 0 Å². The van der Waals surface area contributed by atoms with Gasteiger partial charge >= 0.3 is 0 Å². The quantitative estimate of drug-likeness (QED) is 0.911. The third-order valence-electron chi connectivity index (χ3n) is 4.18. The van der Waals surface area contributed by atoms with Crippen LogP contribution < -0.4 is 10.6 Å². The predicted octanol–water partition coefficient (Wildman–Crippen LogP) is 2.92. The molecule has 2 aliphatic rings. The maximum Gasteiger partial charge on any atom is 0.146 e. The van der Waals surface area contributed by atoms with Crippen LogP contribution in [0.4, 0.5) is 14.5 Å². The van der Waals surface area contributed by atoms with E-state index in [1.807, 2.05) is 4.90 Å². The third-order valence-corrected chi connectivity index (χ3v) is 4.18. The van der Waals surface area contributed by atoms with Gasteiger partial charge in [-0.1, -0.05) is 12.8 Å². The van der Waals surface area contributed by atoms with Crippen molar-refractivity contribution in [2.24, 2.45) is 17.6 Å². The summed E-state index contributed by atoms with van der Waals surface area (Å²) in [5, 5.41) is 0. The molecule has 1 aliphatic heterocycles. The van der Waals surface area contributed by atoms with Gasteiger partial charge in [-0.2, -0.15) is 0 Å². The highest BCUT2D eigenvalue weighted by molar-refractivity contribution is 5.48. The van der Waals surface area contributed by atoms with Crippen molar-refractivity contribution < 1.29 is 8.78 Å². The van der Waals surface area contributed by atoms with E-state index >= 15 is 0 Å². The Kier molecular flexibility index (Phi) is 3.44. The van der Waals surface area contributed by atoms with E-state index in [1.165, 1.54) is 31.4 Å². The van der Waals surface area contributed by atoms with Crippen LogP contribution >= 0.6 is 0 Å². The zero-order valence-electron chi connectivity index (χ0n) is 11.0. The fraction of sp³-hybridized carbons (Fsp3) is 0.600. The zero-order valence-corrected chi connectivity index (χ0v) is 11.0. The smallest absolute Gasteiger partial charge is 0.146 e. The van der Waals surface area contributed by atoms with Crippen LogP contribution in [0.2, 0.25) is 0 Å². The number of hydrogen-bond donors (Lipinski definition) is 1. The molecule has 1 heterocycles. The molecule has 2 atom stereocenters. The predicted molar refractivity (Wildman–Crippen MR) is 72.0 cm³/mol. The second kappa shape index (κ2) is 5.08. The van der Waals surface area contributed by atoms with Crippen molar-refractivity contribution in [3.63, 3.8) is 0 Å². The number of anilines is 1. The molecule has 1 aliphatic carbocycles. The van der Waals surface area contributed by atoms with E-state index in [2.05, 4.69) is 0 Å². The third kappa shape index (κ3) is 3.06. The Balaban J connectivity index is 1.76. The molecule has 3 rings (SSSR count). The van der Waals surface area contributed by atoms with Crippen molar-refractivity contribution in [1.29, 1.82) is 0 Å². The van der Waals surface area contributed by atoms with E-state index in [9.17, 15) is 8.78 Å². The van der Waals surface area contributed by atoms with Crippen molar-refractivity contribution in [3.05, 3.63) is 29.8 Å². The topological polar surface area (TPSA) is 29.3 Å². The molecule has 104 valence electrons. The lowest BCUT2D eigenvalue weighted by atomic mass is 9.90. The average molecular weight is 266 g/mol. The first-order valence-corrected chi connectivity index (χ1v) is 7.07. The van der Waals surface area contributed by atoms with Crippen molar-refractivity contribution >= 4 is 5.69 Å². The molecule has 0 spiro atoms. The Morgan fingerprint density at radius 3 is 2.68 bits per heavy atom. The standard InChI is InChI=1S/C15H20F2N2/c16-12-3-4-14(17)15(7-12)19-8-11(5-10-1-2-10)6-13(18)9-19/h3-4,7,10-11,13H,1-2,5-6,8-9,18H2. The average Bonchev–Trinajstić information content (AvgIpc) is 3.15. The minimum Gasteiger partial charge on any atom is -0.367 e. The van der Waals surface area contributed by atoms with Crippen molar-refractivity contribution in [2.45, 2.75) is 31.7 Å². The number of halogens is 2. The molecule has 1 saturated carbocycles. The summed E-state index contributed by atoms with van der Waals surface area (Å²) in [6, 6.07) is 3.69. The largest absolute Gasteiger partial charge is 0.367 e. The summed E-state index contributed by atoms with van der Waals surface area (Å²) >= 11 is 0. The van der Waals surface area contributed by atoms with Crippen LogP contribution in [0.25, 0.3) is 0 Å². The summed E-state index contributed by atoms with van der Waals surface area (Å²) in [7, 11) is 0. The summed E-state index contributed by atoms with van der Waals surface area (Å²) in [6.45, 7) is 1.41. The van der Waals surface area contributed by atoms with Gasteiger partial charge < -0.3 is 10.6 Å². The van der Waals surface area contributed by atoms with Gasteiger partial charge in [-0.25, -0.2) is 8.78 Å². The number of rotatable bonds is 3. The molecule has 0 bridgehead atoms. The number of nitrogens with two attached hydrogens (primary N) is 1. The van der Waals surface area contributed by atoms with Crippen LogP contribution in [0.15, 0.2) is 18.2 Å². The molecule has 1 saturated heterocycles. The maximum atomic E-state index is 13.8. The second-order valence-corrected chi connectivity index (χ2v) is 6.04. The van der Waals surface area contributed by atoms with Gasteiger partial charge in [-0.3, -0.25) is 0 Å². The molecule has 2 unspecified atom stereocenters. The molecule has 0 amide bonds. The van der Waals surface area contributed by atoms with Crippen molar-refractivity contribution in [1.82, 2.24) is 0 Å². The van der Waals surface area contributed by atoms with Crippen LogP contribution in [0, 0.1) is 23.5 Å². The fourth-order valence-corrected chi connectivity index (χ4v) is 3.17. The van der Waals surface area contributed by atoms with Gasteiger partial charge in [0.25, 0.3) is 0 Å². The van der Waals surface area contributed by atoms with Gasteiger partial charge in [0.15, 0.2) is 0 Å². The fourth-order valence-electron chi connectivity index (χ4n) is 3.17. The van der Waals surface area contributed by atoms with Crippen LogP contribution in [-0.2, 0) is 0 Å². The number of piperidine rings is 1. The van der Waals surface area contributed by atoms with Gasteiger partial charge in [0.05, 0.1) is 5.69 Å². The lowest BCUT2D eigenvalue weighted by molar-refractivity contribution is 0.342. The molecule has 2 fully saturated rings. The second-order valence-electron chi connectivity index (χ2n) is 6.04. The van der Waals surface area contributed by atoms with E-state index in [-0.39, 0.29) is 11.9 Å². The van der Waals surface area contributed by atoms with Crippen LogP contribution in [0.1, 0.15) is 25.7 Å². The molecule has 19 heavy (non-hydrogen) atoms. The normalized spacial score (nSPS) is 27.6. The van der Waals surface area contributed by atoms with Crippen molar-refractivity contribution in [2.75, 3.05) is 18.0 Å². The lowest BCUT2D eigenvalue weighted by Crippen LogP contribution is -2.47. The molecule has 2 N–H and O–H groups in total. The van der Waals surface area contributed by atoms with E-state index in [1.54, 1.807) is 0 Å². The molecule has 4 heteroatoms. The number of hydrogen-bond acceptors (Lipinski definition) is 2. The Bertz CT molecular complexity index is 457. The minimum absolute atomic E-state index is 0.0557. The highest BCUT2D eigenvalue weighted by atomic mass is 19.1. The molecular formula is C15H20F2N2. The zero-order chi connectivity index (χ0) is 13.4. The first-order valence-electron chi connectivity index (χ1n) is 7.07. The Morgan fingerprint density at radius 2 is 1.95 bits per heavy atom. The van der Waals surface area contributed by atoms with E-state index in [0.29, 0.717) is 18.2 Å². The summed E-state index contributed by atoms with van der Waals surface area (Å²) in [5.41, 5.74) is 6.44. The van der Waals surface area contributed by atoms with E-state index in [0.717, 1.165) is 24.9 Å². The highest BCUT2D eigenvalue weighted by Gasteiger charge is 2.31. The lowest BCUT2D eigenvalue weighted by Gasteiger charge is -2.38. The SMILES string of the molecule is NC1CC(CC2CC2)CN(c2cc(F)ccc2F)C1. The monoisotopic (exact) mass is 266 g/mol. The van der Waals surface area contributed by atoms with Gasteiger partial charge in [0.1, 0.15) is 11.6 Å². The van der Waals surface area contributed by atoms with E-state index < -0.39 is 5.82 Å². The van der Waals surface area contributed by atoms with Crippen LogP contribution in [-0.4, -0.2) is 19.1 Å². The van der Waals surface area contributed by atoms with Gasteiger partial charge in [-0.05, 0) is 36.8 Å². The Hall–Kier alpha value is -1.16. The first-order chi connectivity index (χ1) is 9.11. The number of nitrogens with zero attached hydrogens (tertiary/aromatic N) is 1. The molecule has 2 nitrogen and oxygen atoms in total. The summed E-state index contributed by atoms with van der Waals surface area (Å²) in [5.74, 6) is 0.600.